The van der Waals surface area contributed by atoms with Crippen LogP contribution < -0.4 is 10.6 Å². The summed E-state index contributed by atoms with van der Waals surface area (Å²) in [5, 5.41) is 24.9. The molecule has 0 aliphatic carbocycles. The van der Waals surface area contributed by atoms with Gasteiger partial charge in [0.15, 0.2) is 0 Å². The summed E-state index contributed by atoms with van der Waals surface area (Å²) in [5.74, 6) is -2.16. The van der Waals surface area contributed by atoms with Crippen LogP contribution in [0.5, 0.6) is 0 Å². The molecule has 112 valence electrons. The number of carboxylic acids is 2. The standard InChI is InChI=1S/C13H20N2O5/c16-9(17)5-13-7(6-15-11(13)12(18)19)10-8(20-13)3-1-2-4-14-10/h7-8,10-11,14-15H,1-6H2,(H,16,17)(H,18,19)/t7-,8-,10-,11-,13+/m1/s1. The third kappa shape index (κ3) is 2.01. The zero-order chi connectivity index (χ0) is 14.3. The Morgan fingerprint density at radius 2 is 2.05 bits per heavy atom. The van der Waals surface area contributed by atoms with Crippen molar-refractivity contribution >= 4 is 11.9 Å². The number of rotatable bonds is 3. The average Bonchev–Trinajstić information content (AvgIpc) is 2.72. The van der Waals surface area contributed by atoms with E-state index in [-0.39, 0.29) is 24.5 Å². The number of nitrogens with one attached hydrogen (secondary N) is 2. The molecular formula is C13H20N2O5. The minimum atomic E-state index is -1.13. The van der Waals surface area contributed by atoms with Gasteiger partial charge in [0, 0.05) is 18.5 Å². The number of fused-ring (bicyclic) bond motifs is 3. The monoisotopic (exact) mass is 284 g/mol. The van der Waals surface area contributed by atoms with Gasteiger partial charge in [0.2, 0.25) is 0 Å². The van der Waals surface area contributed by atoms with E-state index in [1.807, 2.05) is 0 Å². The molecule has 0 aromatic rings. The van der Waals surface area contributed by atoms with Crippen molar-refractivity contribution in [3.63, 3.8) is 0 Å². The van der Waals surface area contributed by atoms with E-state index in [4.69, 9.17) is 4.74 Å². The van der Waals surface area contributed by atoms with Gasteiger partial charge in [-0.2, -0.15) is 0 Å². The van der Waals surface area contributed by atoms with E-state index in [9.17, 15) is 19.8 Å². The molecule has 0 aromatic heterocycles. The average molecular weight is 284 g/mol. The number of hydrogen-bond acceptors (Lipinski definition) is 5. The molecule has 3 saturated heterocycles. The van der Waals surface area contributed by atoms with Gasteiger partial charge in [-0.3, -0.25) is 9.59 Å². The third-order valence-electron chi connectivity index (χ3n) is 4.83. The van der Waals surface area contributed by atoms with E-state index < -0.39 is 23.6 Å². The van der Waals surface area contributed by atoms with Crippen molar-refractivity contribution in [3.05, 3.63) is 0 Å². The predicted molar refractivity (Wildman–Crippen MR) is 68.4 cm³/mol. The Bertz CT molecular complexity index is 429. The summed E-state index contributed by atoms with van der Waals surface area (Å²) in [6, 6.07) is -0.897. The van der Waals surface area contributed by atoms with E-state index in [0.29, 0.717) is 6.54 Å². The quantitative estimate of drug-likeness (QED) is 0.549. The van der Waals surface area contributed by atoms with Gasteiger partial charge in [-0.1, -0.05) is 0 Å². The summed E-state index contributed by atoms with van der Waals surface area (Å²) >= 11 is 0. The predicted octanol–water partition coefficient (Wildman–Crippen LogP) is -0.587. The van der Waals surface area contributed by atoms with Crippen molar-refractivity contribution in [1.29, 1.82) is 0 Å². The first-order valence-corrected chi connectivity index (χ1v) is 7.14. The molecule has 3 aliphatic rings. The summed E-state index contributed by atoms with van der Waals surface area (Å²) in [6.07, 6.45) is 2.61. The second kappa shape index (κ2) is 4.98. The first-order chi connectivity index (χ1) is 9.54. The van der Waals surface area contributed by atoms with Crippen LogP contribution in [0.2, 0.25) is 0 Å². The molecule has 3 heterocycles. The molecule has 20 heavy (non-hydrogen) atoms. The topological polar surface area (TPSA) is 108 Å². The molecule has 0 amide bonds. The van der Waals surface area contributed by atoms with Gasteiger partial charge in [0.1, 0.15) is 11.6 Å². The van der Waals surface area contributed by atoms with Gasteiger partial charge in [-0.05, 0) is 25.8 Å². The van der Waals surface area contributed by atoms with Crippen molar-refractivity contribution in [2.24, 2.45) is 5.92 Å². The highest BCUT2D eigenvalue weighted by atomic mass is 16.5. The lowest BCUT2D eigenvalue weighted by molar-refractivity contribution is -0.156. The second-order valence-electron chi connectivity index (χ2n) is 5.94. The van der Waals surface area contributed by atoms with Crippen molar-refractivity contribution in [1.82, 2.24) is 10.6 Å². The molecule has 3 rings (SSSR count). The lowest BCUT2D eigenvalue weighted by atomic mass is 9.80. The molecule has 0 unspecified atom stereocenters. The van der Waals surface area contributed by atoms with E-state index in [0.717, 1.165) is 25.8 Å². The normalized spacial score (nSPS) is 43.6. The molecule has 3 fully saturated rings. The SMILES string of the molecule is O=C(O)C[C@]12O[C@@H]3CCCCN[C@@H]3[C@H]1CN[C@@H]2C(=O)O. The Morgan fingerprint density at radius 3 is 2.75 bits per heavy atom. The zero-order valence-electron chi connectivity index (χ0n) is 11.2. The lowest BCUT2D eigenvalue weighted by Gasteiger charge is -2.31. The Hall–Kier alpha value is -1.18. The van der Waals surface area contributed by atoms with Gasteiger partial charge in [-0.15, -0.1) is 0 Å². The molecule has 7 heteroatoms. The van der Waals surface area contributed by atoms with Crippen LogP contribution in [0, 0.1) is 5.92 Å². The highest BCUT2D eigenvalue weighted by Gasteiger charge is 2.64. The molecule has 4 N–H and O–H groups in total. The number of hydrogen-bond donors (Lipinski definition) is 4. The van der Waals surface area contributed by atoms with Crippen LogP contribution in [-0.2, 0) is 14.3 Å². The summed E-state index contributed by atoms with van der Waals surface area (Å²) in [7, 11) is 0. The summed E-state index contributed by atoms with van der Waals surface area (Å²) in [6.45, 7) is 1.36. The highest BCUT2D eigenvalue weighted by molar-refractivity contribution is 5.79. The van der Waals surface area contributed by atoms with Gasteiger partial charge in [0.05, 0.1) is 12.5 Å². The van der Waals surface area contributed by atoms with E-state index in [1.54, 1.807) is 0 Å². The first-order valence-electron chi connectivity index (χ1n) is 7.14. The molecule has 7 nitrogen and oxygen atoms in total. The molecular weight excluding hydrogens is 264 g/mol. The fourth-order valence-electron chi connectivity index (χ4n) is 4.06. The molecule has 0 radical (unpaired) electrons. The van der Waals surface area contributed by atoms with Crippen LogP contribution in [0.4, 0.5) is 0 Å². The van der Waals surface area contributed by atoms with E-state index in [2.05, 4.69) is 10.6 Å². The van der Waals surface area contributed by atoms with Crippen molar-refractivity contribution in [2.45, 2.75) is 49.5 Å². The van der Waals surface area contributed by atoms with Crippen molar-refractivity contribution < 1.29 is 24.5 Å². The van der Waals surface area contributed by atoms with Crippen molar-refractivity contribution in [3.8, 4) is 0 Å². The zero-order valence-corrected chi connectivity index (χ0v) is 11.2. The van der Waals surface area contributed by atoms with Crippen LogP contribution in [0.25, 0.3) is 0 Å². The molecule has 0 bridgehead atoms. The number of ether oxygens (including phenoxy) is 1. The molecule has 0 spiro atoms. The molecule has 3 aliphatic heterocycles. The minimum absolute atomic E-state index is 0.0497. The van der Waals surface area contributed by atoms with Gasteiger partial charge in [0.25, 0.3) is 0 Å². The van der Waals surface area contributed by atoms with Crippen LogP contribution in [-0.4, -0.2) is 59.0 Å². The Morgan fingerprint density at radius 1 is 1.25 bits per heavy atom. The first kappa shape index (κ1) is 13.8. The van der Waals surface area contributed by atoms with Crippen LogP contribution >= 0.6 is 0 Å². The van der Waals surface area contributed by atoms with Crippen LogP contribution in [0.15, 0.2) is 0 Å². The fraction of sp³-hybridized carbons (Fsp3) is 0.846. The Balaban J connectivity index is 1.93. The molecule has 5 atom stereocenters. The molecule has 0 aromatic carbocycles. The van der Waals surface area contributed by atoms with Gasteiger partial charge < -0.3 is 25.6 Å². The minimum Gasteiger partial charge on any atom is -0.481 e. The maximum Gasteiger partial charge on any atom is 0.323 e. The van der Waals surface area contributed by atoms with E-state index in [1.165, 1.54) is 0 Å². The van der Waals surface area contributed by atoms with Crippen LogP contribution in [0.3, 0.4) is 0 Å². The number of carboxylic acid groups (broad SMARTS) is 2. The maximum absolute atomic E-state index is 11.4. The Labute approximate surface area is 116 Å². The summed E-state index contributed by atoms with van der Waals surface area (Å²) < 4.78 is 6.06. The number of carbonyl (C=O) groups is 2. The van der Waals surface area contributed by atoms with Gasteiger partial charge in [-0.25, -0.2) is 0 Å². The Kier molecular flexibility index (Phi) is 3.43. The third-order valence-corrected chi connectivity index (χ3v) is 4.83. The smallest absolute Gasteiger partial charge is 0.323 e. The fourth-order valence-corrected chi connectivity index (χ4v) is 4.06. The van der Waals surface area contributed by atoms with Gasteiger partial charge >= 0.3 is 11.9 Å². The molecule has 0 saturated carbocycles. The number of aliphatic carboxylic acids is 2. The highest BCUT2D eigenvalue weighted by Crippen LogP contribution is 2.46. The van der Waals surface area contributed by atoms with Crippen LogP contribution in [0.1, 0.15) is 25.7 Å². The van der Waals surface area contributed by atoms with E-state index >= 15 is 0 Å². The maximum atomic E-state index is 11.4. The summed E-state index contributed by atoms with van der Waals surface area (Å²) in [4.78, 5) is 22.7. The lowest BCUT2D eigenvalue weighted by Crippen LogP contribution is -2.52. The second-order valence-corrected chi connectivity index (χ2v) is 5.94. The summed E-state index contributed by atoms with van der Waals surface area (Å²) in [5.41, 5.74) is -1.13. The van der Waals surface area contributed by atoms with Crippen molar-refractivity contribution in [2.75, 3.05) is 13.1 Å². The largest absolute Gasteiger partial charge is 0.481 e.